The molecule has 2 saturated carbocycles. The van der Waals surface area contributed by atoms with Gasteiger partial charge in [0.2, 0.25) is 0 Å². The number of hydrogen-bond donors (Lipinski definition) is 2. The topological polar surface area (TPSA) is 45.7 Å². The SMILES string of the molecule is C1CN=C(NC2C3CCOC3C23CCC3)NC1. The van der Waals surface area contributed by atoms with Gasteiger partial charge in [-0.05, 0) is 25.7 Å². The first-order valence-electron chi connectivity index (χ1n) is 7.07. The molecule has 0 aromatic rings. The molecule has 3 unspecified atom stereocenters. The van der Waals surface area contributed by atoms with E-state index in [9.17, 15) is 0 Å². The van der Waals surface area contributed by atoms with Crippen molar-refractivity contribution in [2.45, 2.75) is 44.2 Å². The molecular weight excluding hydrogens is 214 g/mol. The number of ether oxygens (including phenoxy) is 1. The molecule has 3 atom stereocenters. The Bertz CT molecular complexity index is 351. The molecule has 0 aromatic heterocycles. The van der Waals surface area contributed by atoms with E-state index >= 15 is 0 Å². The summed E-state index contributed by atoms with van der Waals surface area (Å²) in [7, 11) is 0. The van der Waals surface area contributed by atoms with Crippen molar-refractivity contribution < 1.29 is 4.74 Å². The number of nitrogens with one attached hydrogen (secondary N) is 2. The van der Waals surface area contributed by atoms with Gasteiger partial charge >= 0.3 is 0 Å². The highest BCUT2D eigenvalue weighted by Crippen LogP contribution is 2.62. The Kier molecular flexibility index (Phi) is 2.16. The second-order valence-electron chi connectivity index (χ2n) is 5.96. The van der Waals surface area contributed by atoms with Gasteiger partial charge in [0.1, 0.15) is 0 Å². The zero-order valence-corrected chi connectivity index (χ0v) is 10.2. The van der Waals surface area contributed by atoms with E-state index in [4.69, 9.17) is 4.74 Å². The zero-order chi connectivity index (χ0) is 11.3. The summed E-state index contributed by atoms with van der Waals surface area (Å²) in [5, 5.41) is 7.06. The van der Waals surface area contributed by atoms with Gasteiger partial charge in [-0.15, -0.1) is 0 Å². The van der Waals surface area contributed by atoms with Gasteiger partial charge in [0, 0.05) is 37.1 Å². The lowest BCUT2D eigenvalue weighted by atomic mass is 9.46. The highest BCUT2D eigenvalue weighted by Gasteiger charge is 2.66. The summed E-state index contributed by atoms with van der Waals surface area (Å²) >= 11 is 0. The zero-order valence-electron chi connectivity index (χ0n) is 10.2. The Labute approximate surface area is 102 Å². The summed E-state index contributed by atoms with van der Waals surface area (Å²) in [5.41, 5.74) is 0.461. The van der Waals surface area contributed by atoms with Crippen molar-refractivity contribution in [2.24, 2.45) is 16.3 Å². The molecule has 4 heteroatoms. The molecule has 2 heterocycles. The predicted molar refractivity (Wildman–Crippen MR) is 66.0 cm³/mol. The Morgan fingerprint density at radius 2 is 2.29 bits per heavy atom. The average Bonchev–Trinajstić information content (AvgIpc) is 2.71. The molecule has 4 aliphatic rings. The number of rotatable bonds is 1. The summed E-state index contributed by atoms with van der Waals surface area (Å²) < 4.78 is 5.93. The molecule has 4 rings (SSSR count). The van der Waals surface area contributed by atoms with E-state index in [2.05, 4.69) is 15.6 Å². The van der Waals surface area contributed by atoms with Crippen molar-refractivity contribution in [1.29, 1.82) is 0 Å². The van der Waals surface area contributed by atoms with Crippen molar-refractivity contribution in [2.75, 3.05) is 19.7 Å². The number of aliphatic imine (C=N–C) groups is 1. The van der Waals surface area contributed by atoms with Crippen LogP contribution >= 0.6 is 0 Å². The van der Waals surface area contributed by atoms with Crippen LogP contribution in [0.5, 0.6) is 0 Å². The van der Waals surface area contributed by atoms with Gasteiger partial charge in [0.25, 0.3) is 0 Å². The third-order valence-electron chi connectivity index (χ3n) is 5.23. The van der Waals surface area contributed by atoms with E-state index in [-0.39, 0.29) is 0 Å². The largest absolute Gasteiger partial charge is 0.377 e. The van der Waals surface area contributed by atoms with E-state index in [0.29, 0.717) is 17.6 Å². The van der Waals surface area contributed by atoms with E-state index in [1.165, 1.54) is 25.7 Å². The standard InChI is InChI=1S/C13H21N3O/c1-4-13(5-1)10(9-3-8-17-11(9)13)16-12-14-6-2-7-15-12/h9-11H,1-8H2,(H2,14,15,16). The van der Waals surface area contributed by atoms with Gasteiger partial charge in [-0.3, -0.25) is 4.99 Å². The van der Waals surface area contributed by atoms with Crippen LogP contribution < -0.4 is 10.6 Å². The van der Waals surface area contributed by atoms with Gasteiger partial charge in [0.15, 0.2) is 5.96 Å². The predicted octanol–water partition coefficient (Wildman–Crippen LogP) is 0.883. The van der Waals surface area contributed by atoms with Crippen LogP contribution in [0, 0.1) is 11.3 Å². The molecule has 2 aliphatic heterocycles. The van der Waals surface area contributed by atoms with Crippen molar-refractivity contribution in [3.05, 3.63) is 0 Å². The summed E-state index contributed by atoms with van der Waals surface area (Å²) in [6.45, 7) is 3.00. The third kappa shape index (κ3) is 1.30. The number of fused-ring (bicyclic) bond motifs is 2. The van der Waals surface area contributed by atoms with Crippen LogP contribution in [-0.2, 0) is 4.74 Å². The van der Waals surface area contributed by atoms with Crippen LogP contribution in [0.25, 0.3) is 0 Å². The maximum absolute atomic E-state index is 5.93. The maximum Gasteiger partial charge on any atom is 0.191 e. The summed E-state index contributed by atoms with van der Waals surface area (Å²) in [5.74, 6) is 1.78. The lowest BCUT2D eigenvalue weighted by molar-refractivity contribution is -0.171. The molecule has 2 aliphatic carbocycles. The minimum Gasteiger partial charge on any atom is -0.377 e. The molecule has 0 radical (unpaired) electrons. The highest BCUT2D eigenvalue weighted by molar-refractivity contribution is 5.81. The van der Waals surface area contributed by atoms with Crippen molar-refractivity contribution in [3.8, 4) is 0 Å². The maximum atomic E-state index is 5.93. The van der Waals surface area contributed by atoms with Crippen molar-refractivity contribution in [1.82, 2.24) is 10.6 Å². The van der Waals surface area contributed by atoms with E-state index in [1.54, 1.807) is 0 Å². The molecule has 3 fully saturated rings. The van der Waals surface area contributed by atoms with Crippen LogP contribution in [0.3, 0.4) is 0 Å². The molecule has 0 bridgehead atoms. The smallest absolute Gasteiger partial charge is 0.191 e. The molecule has 0 aromatic carbocycles. The Balaban J connectivity index is 1.50. The first-order chi connectivity index (χ1) is 8.40. The van der Waals surface area contributed by atoms with Gasteiger partial charge in [-0.1, -0.05) is 6.42 Å². The molecule has 17 heavy (non-hydrogen) atoms. The lowest BCUT2D eigenvalue weighted by Crippen LogP contribution is -2.72. The van der Waals surface area contributed by atoms with E-state index < -0.39 is 0 Å². The van der Waals surface area contributed by atoms with Crippen molar-refractivity contribution >= 4 is 5.96 Å². The number of hydrogen-bond acceptors (Lipinski definition) is 4. The monoisotopic (exact) mass is 235 g/mol. The molecule has 1 spiro atoms. The van der Waals surface area contributed by atoms with Crippen LogP contribution in [-0.4, -0.2) is 37.8 Å². The Morgan fingerprint density at radius 1 is 1.35 bits per heavy atom. The Hall–Kier alpha value is -0.770. The van der Waals surface area contributed by atoms with Gasteiger partial charge < -0.3 is 15.4 Å². The Morgan fingerprint density at radius 3 is 3.00 bits per heavy atom. The molecule has 94 valence electrons. The number of guanidine groups is 1. The third-order valence-corrected chi connectivity index (χ3v) is 5.23. The second-order valence-corrected chi connectivity index (χ2v) is 5.96. The van der Waals surface area contributed by atoms with Crippen LogP contribution in [0.4, 0.5) is 0 Å². The summed E-state index contributed by atoms with van der Waals surface area (Å²) in [4.78, 5) is 4.54. The van der Waals surface area contributed by atoms with Crippen LogP contribution in [0.1, 0.15) is 32.1 Å². The summed E-state index contributed by atoms with van der Waals surface area (Å²) in [6, 6.07) is 0.619. The first-order valence-corrected chi connectivity index (χ1v) is 7.07. The minimum atomic E-state index is 0.461. The normalized spacial score (nSPS) is 41.9. The van der Waals surface area contributed by atoms with Crippen molar-refractivity contribution in [3.63, 3.8) is 0 Å². The molecule has 0 amide bonds. The van der Waals surface area contributed by atoms with Crippen LogP contribution in [0.15, 0.2) is 4.99 Å². The van der Waals surface area contributed by atoms with E-state index in [1.807, 2.05) is 0 Å². The van der Waals surface area contributed by atoms with E-state index in [0.717, 1.165) is 38.0 Å². The van der Waals surface area contributed by atoms with Gasteiger partial charge in [-0.2, -0.15) is 0 Å². The fraction of sp³-hybridized carbons (Fsp3) is 0.923. The minimum absolute atomic E-state index is 0.461. The molecule has 4 nitrogen and oxygen atoms in total. The average molecular weight is 235 g/mol. The van der Waals surface area contributed by atoms with Crippen LogP contribution in [0.2, 0.25) is 0 Å². The molecule has 1 saturated heterocycles. The second kappa shape index (κ2) is 3.61. The first kappa shape index (κ1) is 10.2. The number of nitrogens with zero attached hydrogens (tertiary/aromatic N) is 1. The fourth-order valence-electron chi connectivity index (χ4n) is 4.23. The van der Waals surface area contributed by atoms with Gasteiger partial charge in [-0.25, -0.2) is 0 Å². The summed E-state index contributed by atoms with van der Waals surface area (Å²) in [6.07, 6.45) is 7.02. The molecular formula is C13H21N3O. The highest BCUT2D eigenvalue weighted by atomic mass is 16.5. The fourth-order valence-corrected chi connectivity index (χ4v) is 4.23. The lowest BCUT2D eigenvalue weighted by Gasteiger charge is -2.63. The molecule has 2 N–H and O–H groups in total. The quantitative estimate of drug-likeness (QED) is 0.709. The van der Waals surface area contributed by atoms with Gasteiger partial charge in [0.05, 0.1) is 6.10 Å².